The van der Waals surface area contributed by atoms with E-state index in [1.165, 1.54) is 29.2 Å². The average Bonchev–Trinajstić information content (AvgIpc) is 3.00. The summed E-state index contributed by atoms with van der Waals surface area (Å²) >= 11 is 0. The van der Waals surface area contributed by atoms with Crippen LogP contribution in [-0.2, 0) is 28.9 Å². The molecular weight excluding hydrogens is 456 g/mol. The third-order valence-corrected chi connectivity index (χ3v) is 6.55. The Morgan fingerprint density at radius 2 is 1.65 bits per heavy atom. The molecule has 34 heavy (non-hydrogen) atoms. The number of halogens is 1. The molecule has 8 heteroatoms. The molecule has 1 amide bonds. The van der Waals surface area contributed by atoms with Crippen LogP contribution in [0, 0.1) is 0 Å². The molecule has 0 fully saturated rings. The van der Waals surface area contributed by atoms with Crippen LogP contribution in [0.3, 0.4) is 0 Å². The second-order valence-corrected chi connectivity index (χ2v) is 8.67. The highest BCUT2D eigenvalue weighted by molar-refractivity contribution is 5.85. The van der Waals surface area contributed by atoms with Gasteiger partial charge in [-0.2, -0.15) is 0 Å². The van der Waals surface area contributed by atoms with E-state index in [0.29, 0.717) is 24.6 Å². The highest BCUT2D eigenvalue weighted by Gasteiger charge is 2.26. The summed E-state index contributed by atoms with van der Waals surface area (Å²) < 4.78 is 16.0. The summed E-state index contributed by atoms with van der Waals surface area (Å²) in [7, 11) is 3.29. The van der Waals surface area contributed by atoms with Gasteiger partial charge in [-0.05, 0) is 65.8 Å². The molecule has 184 valence electrons. The van der Waals surface area contributed by atoms with E-state index in [2.05, 4.69) is 5.32 Å². The molecule has 0 saturated carbocycles. The smallest absolute Gasteiger partial charge is 0.308 e. The Morgan fingerprint density at radius 1 is 1.00 bits per heavy atom. The lowest BCUT2D eigenvalue weighted by Crippen LogP contribution is -2.36. The number of hydrogen-bond donors (Lipinski definition) is 1. The molecule has 1 atom stereocenters. The summed E-state index contributed by atoms with van der Waals surface area (Å²) in [5, 5.41) is 3.43. The van der Waals surface area contributed by atoms with Crippen LogP contribution >= 0.6 is 12.4 Å². The largest absolute Gasteiger partial charge is 0.493 e. The van der Waals surface area contributed by atoms with Gasteiger partial charge in [-0.1, -0.05) is 6.07 Å². The zero-order valence-electron chi connectivity index (χ0n) is 20.0. The maximum Gasteiger partial charge on any atom is 0.308 e. The Hall–Kier alpha value is -2.77. The van der Waals surface area contributed by atoms with E-state index in [9.17, 15) is 9.59 Å². The maximum atomic E-state index is 12.8. The third-order valence-electron chi connectivity index (χ3n) is 6.55. The van der Waals surface area contributed by atoms with Crippen LogP contribution in [0.1, 0.15) is 41.5 Å². The van der Waals surface area contributed by atoms with Gasteiger partial charge in [-0.3, -0.25) is 9.59 Å². The topological polar surface area (TPSA) is 77.1 Å². The van der Waals surface area contributed by atoms with Crippen molar-refractivity contribution in [1.82, 2.24) is 10.2 Å². The summed E-state index contributed by atoms with van der Waals surface area (Å²) in [6.07, 6.45) is 3.13. The first-order valence-electron chi connectivity index (χ1n) is 11.5. The molecule has 1 heterocycles. The number of nitrogens with zero attached hydrogens (tertiary/aromatic N) is 1. The van der Waals surface area contributed by atoms with E-state index in [1.54, 1.807) is 14.2 Å². The summed E-state index contributed by atoms with van der Waals surface area (Å²) in [5.74, 6) is 2.33. The molecule has 0 saturated heterocycles. The molecule has 0 bridgehead atoms. The van der Waals surface area contributed by atoms with E-state index < -0.39 is 0 Å². The van der Waals surface area contributed by atoms with Gasteiger partial charge in [0.25, 0.3) is 0 Å². The molecule has 2 aliphatic rings. The van der Waals surface area contributed by atoms with Crippen molar-refractivity contribution in [3.05, 3.63) is 52.6 Å². The molecule has 1 aliphatic heterocycles. The normalized spacial score (nSPS) is 16.2. The summed E-state index contributed by atoms with van der Waals surface area (Å²) in [5.41, 5.74) is 4.96. The minimum absolute atomic E-state index is 0. The number of fused-ring (bicyclic) bond motifs is 2. The highest BCUT2D eigenvalue weighted by atomic mass is 35.5. The number of esters is 1. The molecule has 1 aliphatic carbocycles. The number of methoxy groups -OCH3 is 2. The van der Waals surface area contributed by atoms with Gasteiger partial charge in [0, 0.05) is 45.4 Å². The number of carbonyl (C=O) groups is 2. The lowest BCUT2D eigenvalue weighted by molar-refractivity contribution is -0.132. The molecule has 2 aromatic carbocycles. The molecule has 4 rings (SSSR count). The quantitative estimate of drug-likeness (QED) is 0.349. The van der Waals surface area contributed by atoms with Crippen LogP contribution in [0.15, 0.2) is 30.3 Å². The van der Waals surface area contributed by atoms with Crippen LogP contribution in [0.4, 0.5) is 0 Å². The second kappa shape index (κ2) is 11.6. The fourth-order valence-corrected chi connectivity index (χ4v) is 4.73. The van der Waals surface area contributed by atoms with Crippen molar-refractivity contribution in [2.45, 2.75) is 38.5 Å². The van der Waals surface area contributed by atoms with Gasteiger partial charge < -0.3 is 24.4 Å². The monoisotopic (exact) mass is 488 g/mol. The van der Waals surface area contributed by atoms with Crippen molar-refractivity contribution >= 4 is 24.3 Å². The van der Waals surface area contributed by atoms with E-state index in [4.69, 9.17) is 14.2 Å². The van der Waals surface area contributed by atoms with Crippen molar-refractivity contribution in [2.24, 2.45) is 0 Å². The van der Waals surface area contributed by atoms with Gasteiger partial charge in [0.15, 0.2) is 11.5 Å². The van der Waals surface area contributed by atoms with Crippen molar-refractivity contribution in [3.8, 4) is 17.2 Å². The number of rotatable bonds is 8. The minimum atomic E-state index is -0.308. The third kappa shape index (κ3) is 5.83. The first-order chi connectivity index (χ1) is 16.0. The van der Waals surface area contributed by atoms with Gasteiger partial charge in [0.2, 0.25) is 5.91 Å². The van der Waals surface area contributed by atoms with Gasteiger partial charge in [0.05, 0.1) is 14.2 Å². The average molecular weight is 489 g/mol. The molecule has 0 spiro atoms. The first kappa shape index (κ1) is 25.8. The fourth-order valence-electron chi connectivity index (χ4n) is 4.73. The maximum absolute atomic E-state index is 12.8. The Morgan fingerprint density at radius 3 is 2.24 bits per heavy atom. The number of benzene rings is 2. The summed E-state index contributed by atoms with van der Waals surface area (Å²) in [6, 6.07) is 9.89. The van der Waals surface area contributed by atoms with E-state index in [0.717, 1.165) is 50.4 Å². The SMILES string of the molecule is COc1cc2c(cc1OC)CCN(C(=O)CCNCC1Cc3ccc(OC(C)=O)cc31)CC2.Cl. The standard InChI is InChI=1S/C26H32N2O5.ClH/c1-17(29)33-22-5-4-20-12-21(23(20)15-22)16-27-9-6-26(30)28-10-7-18-13-24(31-2)25(32-3)14-19(18)8-11-28;/h4-5,13-15,21,27H,6-12,16H2,1-3H3;1H. The van der Waals surface area contributed by atoms with Crippen molar-refractivity contribution in [1.29, 1.82) is 0 Å². The Labute approximate surface area is 207 Å². The van der Waals surface area contributed by atoms with Crippen molar-refractivity contribution < 1.29 is 23.8 Å². The summed E-state index contributed by atoms with van der Waals surface area (Å²) in [6.45, 7) is 4.31. The molecule has 0 aromatic heterocycles. The van der Waals surface area contributed by atoms with E-state index >= 15 is 0 Å². The lowest BCUT2D eigenvalue weighted by atomic mass is 9.77. The fraction of sp³-hybridized carbons (Fsp3) is 0.462. The molecule has 7 nitrogen and oxygen atoms in total. The molecule has 0 radical (unpaired) electrons. The second-order valence-electron chi connectivity index (χ2n) is 8.67. The van der Waals surface area contributed by atoms with Crippen LogP contribution in [0.25, 0.3) is 0 Å². The predicted octanol–water partition coefficient (Wildman–Crippen LogP) is 3.30. The number of carbonyl (C=O) groups excluding carboxylic acids is 2. The lowest BCUT2D eigenvalue weighted by Gasteiger charge is -2.31. The van der Waals surface area contributed by atoms with Gasteiger partial charge in [0.1, 0.15) is 5.75 Å². The van der Waals surface area contributed by atoms with Crippen molar-refractivity contribution in [2.75, 3.05) is 40.4 Å². The number of ether oxygens (including phenoxy) is 3. The zero-order valence-corrected chi connectivity index (χ0v) is 20.8. The van der Waals surface area contributed by atoms with E-state index in [1.807, 2.05) is 35.2 Å². The predicted molar refractivity (Wildman–Crippen MR) is 132 cm³/mol. The zero-order chi connectivity index (χ0) is 23.4. The van der Waals surface area contributed by atoms with Crippen LogP contribution in [-0.4, -0.2) is 57.2 Å². The molecule has 2 aromatic rings. The van der Waals surface area contributed by atoms with Crippen LogP contribution < -0.4 is 19.5 Å². The minimum Gasteiger partial charge on any atom is -0.493 e. The number of nitrogens with one attached hydrogen (secondary N) is 1. The number of amides is 1. The highest BCUT2D eigenvalue weighted by Crippen LogP contribution is 2.37. The Kier molecular flexibility index (Phi) is 8.80. The van der Waals surface area contributed by atoms with Gasteiger partial charge in [-0.25, -0.2) is 0 Å². The Balaban J connectivity index is 0.00000324. The van der Waals surface area contributed by atoms with Gasteiger partial charge >= 0.3 is 5.97 Å². The van der Waals surface area contributed by atoms with Crippen LogP contribution in [0.5, 0.6) is 17.2 Å². The Bertz CT molecular complexity index is 1010. The molecule has 1 N–H and O–H groups in total. The van der Waals surface area contributed by atoms with Gasteiger partial charge in [-0.15, -0.1) is 12.4 Å². The van der Waals surface area contributed by atoms with Crippen LogP contribution in [0.2, 0.25) is 0 Å². The number of hydrogen-bond acceptors (Lipinski definition) is 6. The first-order valence-corrected chi connectivity index (χ1v) is 11.5. The molecule has 1 unspecified atom stereocenters. The molecular formula is C26H33ClN2O5. The summed E-state index contributed by atoms with van der Waals surface area (Å²) in [4.78, 5) is 25.9. The van der Waals surface area contributed by atoms with Crippen molar-refractivity contribution in [3.63, 3.8) is 0 Å². The van der Waals surface area contributed by atoms with E-state index in [-0.39, 0.29) is 24.3 Å².